The van der Waals surface area contributed by atoms with Crippen LogP contribution in [0.3, 0.4) is 0 Å². The second-order valence-corrected chi connectivity index (χ2v) is 4.64. The van der Waals surface area contributed by atoms with Gasteiger partial charge in [0.15, 0.2) is 0 Å². The van der Waals surface area contributed by atoms with Crippen LogP contribution < -0.4 is 10.5 Å². The predicted octanol–water partition coefficient (Wildman–Crippen LogP) is 1.99. The number of ether oxygens (including phenoxy) is 1. The van der Waals surface area contributed by atoms with Crippen molar-refractivity contribution in [3.8, 4) is 5.75 Å². The quantitative estimate of drug-likeness (QED) is 0.811. The van der Waals surface area contributed by atoms with Crippen LogP contribution in [0.25, 0.3) is 0 Å². The van der Waals surface area contributed by atoms with Gasteiger partial charge in [-0.15, -0.1) is 0 Å². The molecule has 0 fully saturated rings. The van der Waals surface area contributed by atoms with E-state index in [4.69, 9.17) is 10.5 Å². The number of aliphatic carboxylic acids is 1. The summed E-state index contributed by atoms with van der Waals surface area (Å²) >= 11 is 0. The first-order valence-corrected chi connectivity index (χ1v) is 6.06. The highest BCUT2D eigenvalue weighted by molar-refractivity contribution is 5.75. The zero-order valence-corrected chi connectivity index (χ0v) is 11.2. The number of carboxylic acid groups (broad SMARTS) is 1. The minimum Gasteiger partial charge on any atom is -0.496 e. The summed E-state index contributed by atoms with van der Waals surface area (Å²) in [6.07, 6.45) is 0.885. The lowest BCUT2D eigenvalue weighted by atomic mass is 9.79. The first kappa shape index (κ1) is 14.5. The van der Waals surface area contributed by atoms with Gasteiger partial charge in [0.2, 0.25) is 0 Å². The van der Waals surface area contributed by atoms with E-state index in [2.05, 4.69) is 0 Å². The van der Waals surface area contributed by atoms with Crippen LogP contribution in [0.4, 0.5) is 0 Å². The van der Waals surface area contributed by atoms with Crippen molar-refractivity contribution in [2.24, 2.45) is 11.1 Å². The summed E-state index contributed by atoms with van der Waals surface area (Å²) < 4.78 is 5.28. The van der Waals surface area contributed by atoms with E-state index in [1.807, 2.05) is 32.0 Å². The lowest BCUT2D eigenvalue weighted by Crippen LogP contribution is -2.40. The number of carboxylic acids is 1. The predicted molar refractivity (Wildman–Crippen MR) is 70.8 cm³/mol. The molecule has 1 aromatic carbocycles. The monoisotopic (exact) mass is 251 g/mol. The smallest absolute Gasteiger partial charge is 0.311 e. The fourth-order valence-corrected chi connectivity index (χ4v) is 2.07. The summed E-state index contributed by atoms with van der Waals surface area (Å²) in [5.41, 5.74) is 6.74. The van der Waals surface area contributed by atoms with E-state index in [-0.39, 0.29) is 6.54 Å². The zero-order valence-electron chi connectivity index (χ0n) is 11.2. The summed E-state index contributed by atoms with van der Waals surface area (Å²) in [5, 5.41) is 9.40. The van der Waals surface area contributed by atoms with Gasteiger partial charge in [-0.05, 0) is 31.4 Å². The first-order valence-electron chi connectivity index (χ1n) is 6.06. The molecule has 0 saturated carbocycles. The van der Waals surface area contributed by atoms with Gasteiger partial charge in [0, 0.05) is 6.54 Å². The Bertz CT molecular complexity index is 425. The average molecular weight is 251 g/mol. The SMILES string of the molecule is CCC(CN)(Cc1cc(C)ccc1OC)C(=O)O. The van der Waals surface area contributed by atoms with Gasteiger partial charge in [0.1, 0.15) is 5.75 Å². The topological polar surface area (TPSA) is 72.5 Å². The van der Waals surface area contributed by atoms with Crippen molar-refractivity contribution in [3.05, 3.63) is 29.3 Å². The van der Waals surface area contributed by atoms with Gasteiger partial charge < -0.3 is 15.6 Å². The van der Waals surface area contributed by atoms with Crippen LogP contribution in [0.5, 0.6) is 5.75 Å². The molecule has 0 aliphatic carbocycles. The minimum atomic E-state index is -0.916. The lowest BCUT2D eigenvalue weighted by Gasteiger charge is -2.27. The fraction of sp³-hybridized carbons (Fsp3) is 0.500. The van der Waals surface area contributed by atoms with E-state index in [0.29, 0.717) is 18.6 Å². The van der Waals surface area contributed by atoms with E-state index in [0.717, 1.165) is 11.1 Å². The third kappa shape index (κ3) is 2.82. The Kier molecular flexibility index (Phi) is 4.73. The number of rotatable bonds is 6. The minimum absolute atomic E-state index is 0.121. The van der Waals surface area contributed by atoms with Gasteiger partial charge >= 0.3 is 5.97 Å². The molecule has 100 valence electrons. The van der Waals surface area contributed by atoms with Crippen molar-refractivity contribution >= 4 is 5.97 Å². The Hall–Kier alpha value is -1.55. The van der Waals surface area contributed by atoms with Crippen LogP contribution in [-0.4, -0.2) is 24.7 Å². The van der Waals surface area contributed by atoms with Crippen molar-refractivity contribution in [1.29, 1.82) is 0 Å². The molecule has 4 nitrogen and oxygen atoms in total. The molecule has 1 aromatic rings. The Morgan fingerprint density at radius 3 is 2.61 bits per heavy atom. The highest BCUT2D eigenvalue weighted by Crippen LogP contribution is 2.31. The molecule has 0 saturated heterocycles. The number of benzene rings is 1. The molecule has 0 aliphatic rings. The van der Waals surface area contributed by atoms with Crippen LogP contribution in [0.1, 0.15) is 24.5 Å². The standard InChI is InChI=1S/C14H21NO3/c1-4-14(9-15,13(16)17)8-11-7-10(2)5-6-12(11)18-3/h5-7H,4,8-9,15H2,1-3H3,(H,16,17). The number of methoxy groups -OCH3 is 1. The molecule has 0 amide bonds. The maximum absolute atomic E-state index is 11.5. The van der Waals surface area contributed by atoms with Crippen LogP contribution in [0.15, 0.2) is 18.2 Å². The molecular weight excluding hydrogens is 230 g/mol. The van der Waals surface area contributed by atoms with Crippen LogP contribution >= 0.6 is 0 Å². The maximum Gasteiger partial charge on any atom is 0.311 e. The molecule has 4 heteroatoms. The molecule has 0 spiro atoms. The maximum atomic E-state index is 11.5. The molecular formula is C14H21NO3. The van der Waals surface area contributed by atoms with Gasteiger partial charge in [-0.3, -0.25) is 4.79 Å². The summed E-state index contributed by atoms with van der Waals surface area (Å²) in [6.45, 7) is 3.94. The number of carbonyl (C=O) groups is 1. The number of nitrogens with two attached hydrogens (primary N) is 1. The van der Waals surface area contributed by atoms with E-state index in [1.54, 1.807) is 7.11 Å². The van der Waals surface area contributed by atoms with Crippen molar-refractivity contribution in [2.45, 2.75) is 26.7 Å². The molecule has 1 unspecified atom stereocenters. The van der Waals surface area contributed by atoms with E-state index < -0.39 is 11.4 Å². The van der Waals surface area contributed by atoms with E-state index >= 15 is 0 Å². The molecule has 1 rings (SSSR count). The second-order valence-electron chi connectivity index (χ2n) is 4.64. The van der Waals surface area contributed by atoms with Gasteiger partial charge in [-0.2, -0.15) is 0 Å². The molecule has 0 bridgehead atoms. The Labute approximate surface area is 108 Å². The normalized spacial score (nSPS) is 14.0. The molecule has 0 radical (unpaired) electrons. The van der Waals surface area contributed by atoms with Crippen LogP contribution in [0.2, 0.25) is 0 Å². The molecule has 0 aliphatic heterocycles. The third-order valence-electron chi connectivity index (χ3n) is 3.49. The zero-order chi connectivity index (χ0) is 13.8. The average Bonchev–Trinajstić information content (AvgIpc) is 2.36. The van der Waals surface area contributed by atoms with Crippen LogP contribution in [-0.2, 0) is 11.2 Å². The first-order chi connectivity index (χ1) is 8.49. The van der Waals surface area contributed by atoms with Crippen molar-refractivity contribution < 1.29 is 14.6 Å². The van der Waals surface area contributed by atoms with Gasteiger partial charge in [0.25, 0.3) is 0 Å². The largest absolute Gasteiger partial charge is 0.496 e. The van der Waals surface area contributed by atoms with E-state index in [1.165, 1.54) is 0 Å². The number of hydrogen-bond donors (Lipinski definition) is 2. The van der Waals surface area contributed by atoms with Crippen molar-refractivity contribution in [2.75, 3.05) is 13.7 Å². The fourth-order valence-electron chi connectivity index (χ4n) is 2.07. The third-order valence-corrected chi connectivity index (χ3v) is 3.49. The highest BCUT2D eigenvalue weighted by Gasteiger charge is 2.36. The summed E-state index contributed by atoms with van der Waals surface area (Å²) in [4.78, 5) is 11.5. The summed E-state index contributed by atoms with van der Waals surface area (Å²) in [7, 11) is 1.59. The molecule has 0 aromatic heterocycles. The Balaban J connectivity index is 3.15. The van der Waals surface area contributed by atoms with Crippen molar-refractivity contribution in [1.82, 2.24) is 0 Å². The second kappa shape index (κ2) is 5.87. The van der Waals surface area contributed by atoms with Gasteiger partial charge in [-0.25, -0.2) is 0 Å². The van der Waals surface area contributed by atoms with Crippen LogP contribution in [0, 0.1) is 12.3 Å². The molecule has 3 N–H and O–H groups in total. The summed E-state index contributed by atoms with van der Waals surface area (Å²) in [6, 6.07) is 5.77. The highest BCUT2D eigenvalue weighted by atomic mass is 16.5. The number of hydrogen-bond acceptors (Lipinski definition) is 3. The lowest BCUT2D eigenvalue weighted by molar-refractivity contribution is -0.148. The number of aryl methyl sites for hydroxylation is 1. The summed E-state index contributed by atoms with van der Waals surface area (Å²) in [5.74, 6) is -0.135. The molecule has 0 heterocycles. The van der Waals surface area contributed by atoms with Crippen molar-refractivity contribution in [3.63, 3.8) is 0 Å². The Morgan fingerprint density at radius 2 is 2.17 bits per heavy atom. The molecule has 18 heavy (non-hydrogen) atoms. The van der Waals surface area contributed by atoms with Gasteiger partial charge in [-0.1, -0.05) is 24.6 Å². The van der Waals surface area contributed by atoms with E-state index in [9.17, 15) is 9.90 Å². The Morgan fingerprint density at radius 1 is 1.50 bits per heavy atom. The molecule has 1 atom stereocenters. The van der Waals surface area contributed by atoms with Gasteiger partial charge in [0.05, 0.1) is 12.5 Å².